The number of unbranched alkanes of at least 4 members (excludes halogenated alkanes) is 2. The summed E-state index contributed by atoms with van der Waals surface area (Å²) in [5.41, 5.74) is 1.75. The number of hydrogen-bond donors (Lipinski definition) is 2. The van der Waals surface area contributed by atoms with E-state index in [1.54, 1.807) is 17.5 Å². The Kier molecular flexibility index (Phi) is 6.29. The molecule has 0 saturated carbocycles. The average Bonchev–Trinajstić information content (AvgIpc) is 2.95. The molecule has 0 aliphatic rings. The van der Waals surface area contributed by atoms with Crippen LogP contribution in [0.2, 0.25) is 0 Å². The van der Waals surface area contributed by atoms with Crippen molar-refractivity contribution >= 4 is 26.5 Å². The first kappa shape index (κ1) is 16.9. The molecule has 22 heavy (non-hydrogen) atoms. The fourth-order valence-electron chi connectivity index (χ4n) is 1.87. The Morgan fingerprint density at radius 3 is 2.68 bits per heavy atom. The number of anilines is 1. The van der Waals surface area contributed by atoms with Crippen LogP contribution in [-0.2, 0) is 10.0 Å². The van der Waals surface area contributed by atoms with Gasteiger partial charge in [0.25, 0.3) is 0 Å². The quantitative estimate of drug-likeness (QED) is 0.685. The molecule has 0 aromatic carbocycles. The lowest BCUT2D eigenvalue weighted by Crippen LogP contribution is -2.22. The molecule has 2 N–H and O–H groups in total. The standard InChI is InChI=1S/C14H20N4O2S2/c1-22(19,20)17-10-5-2-4-9-16-14-18-13(11-21-14)12-7-3-6-8-15-12/h3,6-8,11,17H,2,4-5,9-10H2,1H3,(H,16,18). The topological polar surface area (TPSA) is 84.0 Å². The van der Waals surface area contributed by atoms with Crippen molar-refractivity contribution in [3.8, 4) is 11.4 Å². The molecular weight excluding hydrogens is 320 g/mol. The van der Waals surface area contributed by atoms with Crippen LogP contribution in [0.15, 0.2) is 29.8 Å². The number of thiazole rings is 1. The largest absolute Gasteiger partial charge is 0.362 e. The highest BCUT2D eigenvalue weighted by atomic mass is 32.2. The zero-order chi connectivity index (χ0) is 15.8. The molecule has 0 bridgehead atoms. The van der Waals surface area contributed by atoms with Gasteiger partial charge in [-0.15, -0.1) is 11.3 Å². The maximum Gasteiger partial charge on any atom is 0.208 e. The molecule has 0 atom stereocenters. The third-order valence-corrected chi connectivity index (χ3v) is 4.45. The van der Waals surface area contributed by atoms with Gasteiger partial charge < -0.3 is 5.32 Å². The Morgan fingerprint density at radius 1 is 1.14 bits per heavy atom. The highest BCUT2D eigenvalue weighted by Crippen LogP contribution is 2.22. The normalized spacial score (nSPS) is 11.5. The number of hydrogen-bond acceptors (Lipinski definition) is 6. The van der Waals surface area contributed by atoms with Gasteiger partial charge in [0.2, 0.25) is 10.0 Å². The van der Waals surface area contributed by atoms with Gasteiger partial charge in [0.05, 0.1) is 11.9 Å². The number of pyridine rings is 1. The van der Waals surface area contributed by atoms with Crippen molar-refractivity contribution in [3.63, 3.8) is 0 Å². The van der Waals surface area contributed by atoms with E-state index in [0.29, 0.717) is 6.54 Å². The van der Waals surface area contributed by atoms with Crippen LogP contribution in [0.5, 0.6) is 0 Å². The number of nitrogens with zero attached hydrogens (tertiary/aromatic N) is 2. The molecule has 0 fully saturated rings. The zero-order valence-corrected chi connectivity index (χ0v) is 14.1. The van der Waals surface area contributed by atoms with Crippen molar-refractivity contribution in [2.45, 2.75) is 19.3 Å². The van der Waals surface area contributed by atoms with Crippen LogP contribution in [0, 0.1) is 0 Å². The first-order valence-electron chi connectivity index (χ1n) is 7.10. The summed E-state index contributed by atoms with van der Waals surface area (Å²) in [5.74, 6) is 0. The molecule has 2 heterocycles. The summed E-state index contributed by atoms with van der Waals surface area (Å²) in [6, 6.07) is 5.76. The summed E-state index contributed by atoms with van der Waals surface area (Å²) in [4.78, 5) is 8.77. The SMILES string of the molecule is CS(=O)(=O)NCCCCCNc1nc(-c2ccccn2)cs1. The van der Waals surface area contributed by atoms with Crippen LogP contribution >= 0.6 is 11.3 Å². The van der Waals surface area contributed by atoms with Crippen LogP contribution in [0.3, 0.4) is 0 Å². The number of nitrogens with one attached hydrogen (secondary N) is 2. The average molecular weight is 340 g/mol. The summed E-state index contributed by atoms with van der Waals surface area (Å²) in [7, 11) is -3.06. The summed E-state index contributed by atoms with van der Waals surface area (Å²) in [6.45, 7) is 1.33. The summed E-state index contributed by atoms with van der Waals surface area (Å²) in [6.07, 6.45) is 5.71. The Labute approximate surface area is 135 Å². The van der Waals surface area contributed by atoms with Crippen LogP contribution in [0.1, 0.15) is 19.3 Å². The van der Waals surface area contributed by atoms with E-state index in [1.807, 2.05) is 23.6 Å². The fourth-order valence-corrected chi connectivity index (χ4v) is 3.11. The monoisotopic (exact) mass is 340 g/mol. The van der Waals surface area contributed by atoms with Gasteiger partial charge in [-0.1, -0.05) is 12.5 Å². The second kappa shape index (κ2) is 8.21. The summed E-state index contributed by atoms with van der Waals surface area (Å²) in [5, 5.41) is 6.15. The van der Waals surface area contributed by atoms with E-state index in [-0.39, 0.29) is 0 Å². The molecule has 6 nitrogen and oxygen atoms in total. The molecule has 2 aromatic rings. The Hall–Kier alpha value is -1.51. The van der Waals surface area contributed by atoms with Crippen LogP contribution in [-0.4, -0.2) is 37.7 Å². The lowest BCUT2D eigenvalue weighted by atomic mass is 10.2. The number of rotatable bonds is 9. The van der Waals surface area contributed by atoms with Gasteiger partial charge in [-0.25, -0.2) is 18.1 Å². The van der Waals surface area contributed by atoms with Crippen molar-refractivity contribution in [2.75, 3.05) is 24.7 Å². The van der Waals surface area contributed by atoms with E-state index in [9.17, 15) is 8.42 Å². The first-order valence-corrected chi connectivity index (χ1v) is 9.87. The Bertz CT molecular complexity index is 671. The van der Waals surface area contributed by atoms with Crippen molar-refractivity contribution in [1.82, 2.24) is 14.7 Å². The van der Waals surface area contributed by atoms with Crippen molar-refractivity contribution in [1.29, 1.82) is 0 Å². The predicted octanol–water partition coefficient (Wildman–Crippen LogP) is 2.34. The van der Waals surface area contributed by atoms with Gasteiger partial charge in [0.1, 0.15) is 5.69 Å². The van der Waals surface area contributed by atoms with E-state index >= 15 is 0 Å². The van der Waals surface area contributed by atoms with Gasteiger partial charge in [-0.3, -0.25) is 4.98 Å². The first-order chi connectivity index (χ1) is 10.5. The van der Waals surface area contributed by atoms with Gasteiger partial charge in [-0.05, 0) is 25.0 Å². The third-order valence-electron chi connectivity index (χ3n) is 2.93. The molecule has 0 spiro atoms. The molecule has 0 unspecified atom stereocenters. The Morgan fingerprint density at radius 2 is 1.95 bits per heavy atom. The highest BCUT2D eigenvalue weighted by molar-refractivity contribution is 7.88. The minimum absolute atomic E-state index is 0.500. The predicted molar refractivity (Wildman–Crippen MR) is 90.5 cm³/mol. The maximum absolute atomic E-state index is 10.9. The fraction of sp³-hybridized carbons (Fsp3) is 0.429. The van der Waals surface area contributed by atoms with Crippen LogP contribution < -0.4 is 10.0 Å². The molecule has 0 saturated heterocycles. The smallest absolute Gasteiger partial charge is 0.208 e. The lowest BCUT2D eigenvalue weighted by Gasteiger charge is -2.03. The summed E-state index contributed by atoms with van der Waals surface area (Å²) >= 11 is 1.56. The van der Waals surface area contributed by atoms with Gasteiger partial charge in [0.15, 0.2) is 5.13 Å². The Balaban J connectivity index is 1.65. The van der Waals surface area contributed by atoms with E-state index in [2.05, 4.69) is 20.0 Å². The molecule has 2 rings (SSSR count). The van der Waals surface area contributed by atoms with E-state index in [0.717, 1.165) is 42.3 Å². The maximum atomic E-state index is 10.9. The van der Waals surface area contributed by atoms with Crippen LogP contribution in [0.25, 0.3) is 11.4 Å². The minimum atomic E-state index is -3.06. The number of aromatic nitrogens is 2. The minimum Gasteiger partial charge on any atom is -0.362 e. The molecule has 120 valence electrons. The number of sulfonamides is 1. The van der Waals surface area contributed by atoms with Crippen molar-refractivity contribution in [2.24, 2.45) is 0 Å². The zero-order valence-electron chi connectivity index (χ0n) is 12.4. The lowest BCUT2D eigenvalue weighted by molar-refractivity contribution is 0.581. The second-order valence-electron chi connectivity index (χ2n) is 4.91. The molecule has 0 aliphatic heterocycles. The molecule has 2 aromatic heterocycles. The van der Waals surface area contributed by atoms with E-state index < -0.39 is 10.0 Å². The van der Waals surface area contributed by atoms with Gasteiger partial charge in [0, 0.05) is 24.7 Å². The summed E-state index contributed by atoms with van der Waals surface area (Å²) < 4.78 is 24.3. The molecule has 8 heteroatoms. The van der Waals surface area contributed by atoms with E-state index in [1.165, 1.54) is 6.26 Å². The van der Waals surface area contributed by atoms with Crippen LogP contribution in [0.4, 0.5) is 5.13 Å². The highest BCUT2D eigenvalue weighted by Gasteiger charge is 2.04. The van der Waals surface area contributed by atoms with E-state index in [4.69, 9.17) is 0 Å². The van der Waals surface area contributed by atoms with Crippen molar-refractivity contribution in [3.05, 3.63) is 29.8 Å². The molecule has 0 amide bonds. The molecule has 0 radical (unpaired) electrons. The van der Waals surface area contributed by atoms with Crippen molar-refractivity contribution < 1.29 is 8.42 Å². The molecular formula is C14H20N4O2S2. The van der Waals surface area contributed by atoms with Gasteiger partial charge >= 0.3 is 0 Å². The second-order valence-corrected chi connectivity index (χ2v) is 7.60. The van der Waals surface area contributed by atoms with Gasteiger partial charge in [-0.2, -0.15) is 0 Å². The molecule has 0 aliphatic carbocycles. The third kappa shape index (κ3) is 6.08.